The van der Waals surface area contributed by atoms with Crippen LogP contribution >= 0.6 is 0 Å². The highest BCUT2D eigenvalue weighted by Gasteiger charge is 2.62. The molecule has 4 aliphatic rings. The van der Waals surface area contributed by atoms with Gasteiger partial charge in [-0.05, 0) is 72.1 Å². The number of amides is 5. The van der Waals surface area contributed by atoms with Gasteiger partial charge in [0.1, 0.15) is 36.2 Å². The van der Waals surface area contributed by atoms with Crippen LogP contribution in [0.25, 0.3) is 0 Å². The third-order valence-electron chi connectivity index (χ3n) is 11.1. The molecule has 0 bridgehead atoms. The smallest absolute Gasteiger partial charge is 0.416 e. The SMILES string of the molecule is CCC1CC1(NC(=O)C1CC(OC(=O)N2Cc3ccc(NC(=O)COC)cc3C2)CN1C(=O)C(Nc1cc(F)cc(C(F)(F)F)c1)C(C)(C)C)C(=O)NS(=O)(=O)C1CC1. The maximum Gasteiger partial charge on any atom is 0.416 e. The summed E-state index contributed by atoms with van der Waals surface area (Å²) in [5, 5.41) is 7.44. The number of alkyl halides is 3. The standard InChI is InChI=1S/C39H48F4N6O9S/c1-6-23-16-38(23,35(53)47-59(55,56)29-9-10-29)46-33(51)30-15-28(58-36(54)48-17-21-7-8-26(11-22(21)18-48)44-31(50)20-57-5)19-49(30)34(52)32(37(2,3)4)45-27-13-24(39(41,42)43)12-25(40)14-27/h7-8,11-14,23,28-30,32,45H,6,9-10,15-20H2,1-5H3,(H,44,50)(H,46,51)(H,47,53). The molecular formula is C39H48F4N6O9S. The van der Waals surface area contributed by atoms with E-state index in [9.17, 15) is 50.0 Å². The minimum absolute atomic E-state index is 0.116. The number of anilines is 2. The number of halogens is 4. The van der Waals surface area contributed by atoms with Crippen LogP contribution in [0.2, 0.25) is 0 Å². The first-order valence-corrected chi connectivity index (χ1v) is 20.8. The number of rotatable bonds is 13. The topological polar surface area (TPSA) is 193 Å². The number of carbonyl (C=O) groups is 5. The van der Waals surface area contributed by atoms with Gasteiger partial charge >= 0.3 is 12.3 Å². The van der Waals surface area contributed by atoms with E-state index in [-0.39, 0.29) is 50.7 Å². The average molecular weight is 853 g/mol. The normalized spacial score (nSPS) is 23.2. The molecule has 2 saturated carbocycles. The first-order chi connectivity index (χ1) is 27.5. The second-order valence-electron chi connectivity index (χ2n) is 16.7. The van der Waals surface area contributed by atoms with Gasteiger partial charge in [0.05, 0.1) is 17.4 Å². The van der Waals surface area contributed by atoms with Gasteiger partial charge in [0.25, 0.3) is 5.91 Å². The summed E-state index contributed by atoms with van der Waals surface area (Å²) in [7, 11) is -2.59. The van der Waals surface area contributed by atoms with Crippen LogP contribution < -0.4 is 20.7 Å². The van der Waals surface area contributed by atoms with E-state index in [1.165, 1.54) is 12.0 Å². The van der Waals surface area contributed by atoms with Gasteiger partial charge in [0, 0.05) is 38.0 Å². The lowest BCUT2D eigenvalue weighted by molar-refractivity contribution is -0.141. The molecule has 5 amide bonds. The largest absolute Gasteiger partial charge is 0.444 e. The van der Waals surface area contributed by atoms with Crippen LogP contribution in [0, 0.1) is 17.2 Å². The van der Waals surface area contributed by atoms with Gasteiger partial charge in [-0.2, -0.15) is 13.2 Å². The van der Waals surface area contributed by atoms with E-state index < -0.39 is 91.7 Å². The van der Waals surface area contributed by atoms with E-state index in [0.29, 0.717) is 37.1 Å². The van der Waals surface area contributed by atoms with E-state index in [0.717, 1.165) is 22.1 Å². The minimum atomic E-state index is -4.90. The molecule has 2 heterocycles. The molecule has 20 heteroatoms. The van der Waals surface area contributed by atoms with Crippen molar-refractivity contribution in [1.29, 1.82) is 0 Å². The van der Waals surface area contributed by atoms with Crippen LogP contribution in [0.1, 0.15) is 76.5 Å². The highest BCUT2D eigenvalue weighted by Crippen LogP contribution is 2.47. The summed E-state index contributed by atoms with van der Waals surface area (Å²) in [6, 6.07) is 4.19. The van der Waals surface area contributed by atoms with Crippen molar-refractivity contribution in [2.75, 3.05) is 30.9 Å². The maximum atomic E-state index is 14.6. The van der Waals surface area contributed by atoms with Crippen molar-refractivity contribution in [2.24, 2.45) is 11.3 Å². The van der Waals surface area contributed by atoms with Crippen molar-refractivity contribution >= 4 is 51.1 Å². The first-order valence-electron chi connectivity index (χ1n) is 19.2. The van der Waals surface area contributed by atoms with Gasteiger partial charge in [0.15, 0.2) is 0 Å². The van der Waals surface area contributed by atoms with Crippen LogP contribution in [-0.4, -0.2) is 97.2 Å². The number of benzene rings is 2. The molecular weight excluding hydrogens is 805 g/mol. The van der Waals surface area contributed by atoms with Crippen molar-refractivity contribution in [3.8, 4) is 0 Å². The zero-order chi connectivity index (χ0) is 43.2. The predicted octanol–water partition coefficient (Wildman–Crippen LogP) is 4.27. The first kappa shape index (κ1) is 43.6. The number of hydrogen-bond donors (Lipinski definition) is 4. The molecule has 0 spiro atoms. The monoisotopic (exact) mass is 852 g/mol. The van der Waals surface area contributed by atoms with Crippen molar-refractivity contribution in [1.82, 2.24) is 19.8 Å². The Morgan fingerprint density at radius 1 is 0.983 bits per heavy atom. The number of fused-ring (bicyclic) bond motifs is 1. The molecule has 2 aliphatic carbocycles. The van der Waals surface area contributed by atoms with E-state index in [1.807, 2.05) is 0 Å². The van der Waals surface area contributed by atoms with Gasteiger partial charge in [-0.3, -0.25) is 28.8 Å². The predicted molar refractivity (Wildman–Crippen MR) is 204 cm³/mol. The van der Waals surface area contributed by atoms with Gasteiger partial charge in [0.2, 0.25) is 27.7 Å². The fourth-order valence-electron chi connectivity index (χ4n) is 7.63. The molecule has 0 radical (unpaired) electrons. The Bertz CT molecular complexity index is 2130. The summed E-state index contributed by atoms with van der Waals surface area (Å²) in [5.74, 6) is -4.52. The molecule has 15 nitrogen and oxygen atoms in total. The van der Waals surface area contributed by atoms with E-state index >= 15 is 0 Å². The lowest BCUT2D eigenvalue weighted by atomic mass is 9.85. The zero-order valence-corrected chi connectivity index (χ0v) is 34.0. The Labute approximate surface area is 338 Å². The molecule has 322 valence electrons. The lowest BCUT2D eigenvalue weighted by Gasteiger charge is -2.36. The number of ether oxygens (including phenoxy) is 2. The fourth-order valence-corrected chi connectivity index (χ4v) is 9.00. The molecule has 3 fully saturated rings. The number of carbonyl (C=O) groups excluding carboxylic acids is 5. The average Bonchev–Trinajstić information content (AvgIpc) is 4.03. The molecule has 0 aromatic heterocycles. The van der Waals surface area contributed by atoms with E-state index in [4.69, 9.17) is 9.47 Å². The van der Waals surface area contributed by atoms with Gasteiger partial charge in [-0.25, -0.2) is 17.6 Å². The van der Waals surface area contributed by atoms with Crippen LogP contribution in [-0.2, 0) is 57.9 Å². The highest BCUT2D eigenvalue weighted by molar-refractivity contribution is 7.91. The van der Waals surface area contributed by atoms with E-state index in [2.05, 4.69) is 20.7 Å². The number of likely N-dealkylation sites (tertiary alicyclic amines) is 1. The van der Waals surface area contributed by atoms with Crippen LogP contribution in [0.5, 0.6) is 0 Å². The Balaban J connectivity index is 1.24. The maximum absolute atomic E-state index is 14.6. The molecule has 2 aliphatic heterocycles. The Morgan fingerprint density at radius 3 is 2.29 bits per heavy atom. The molecule has 2 aromatic rings. The summed E-state index contributed by atoms with van der Waals surface area (Å²) in [5.41, 5.74) is -2.26. The Morgan fingerprint density at radius 2 is 1.68 bits per heavy atom. The molecule has 2 aromatic carbocycles. The van der Waals surface area contributed by atoms with Crippen molar-refractivity contribution < 1.29 is 59.4 Å². The molecule has 4 N–H and O–H groups in total. The molecule has 1 saturated heterocycles. The van der Waals surface area contributed by atoms with Crippen LogP contribution in [0.4, 0.5) is 33.7 Å². The Hall–Kier alpha value is -4.98. The summed E-state index contributed by atoms with van der Waals surface area (Å²) in [6.07, 6.45) is -5.67. The molecule has 6 rings (SSSR count). The Kier molecular flexibility index (Phi) is 12.0. The number of hydrogen-bond acceptors (Lipinski definition) is 10. The highest BCUT2D eigenvalue weighted by atomic mass is 32.2. The van der Waals surface area contributed by atoms with Crippen molar-refractivity contribution in [2.45, 2.75) is 108 Å². The number of nitrogens with zero attached hydrogens (tertiary/aromatic N) is 2. The molecule has 59 heavy (non-hydrogen) atoms. The molecule has 5 atom stereocenters. The van der Waals surface area contributed by atoms with Gasteiger partial charge < -0.3 is 30.3 Å². The minimum Gasteiger partial charge on any atom is -0.444 e. The molecule has 5 unspecified atom stereocenters. The fraction of sp³-hybridized carbons (Fsp3) is 0.564. The summed E-state index contributed by atoms with van der Waals surface area (Å²) < 4.78 is 93.6. The van der Waals surface area contributed by atoms with Crippen molar-refractivity contribution in [3.63, 3.8) is 0 Å². The summed E-state index contributed by atoms with van der Waals surface area (Å²) in [4.78, 5) is 70.6. The second kappa shape index (κ2) is 16.2. The number of methoxy groups -OCH3 is 1. The van der Waals surface area contributed by atoms with E-state index in [1.54, 1.807) is 45.9 Å². The summed E-state index contributed by atoms with van der Waals surface area (Å²) in [6.45, 7) is 6.40. The van der Waals surface area contributed by atoms with Gasteiger partial charge in [-0.1, -0.05) is 40.2 Å². The third kappa shape index (κ3) is 9.74. The quantitative estimate of drug-likeness (QED) is 0.212. The van der Waals surface area contributed by atoms with Crippen LogP contribution in [0.3, 0.4) is 0 Å². The lowest BCUT2D eigenvalue weighted by Crippen LogP contribution is -2.58. The van der Waals surface area contributed by atoms with Crippen LogP contribution in [0.15, 0.2) is 36.4 Å². The number of nitrogens with one attached hydrogen (secondary N) is 4. The number of sulfonamides is 1. The zero-order valence-electron chi connectivity index (χ0n) is 33.2. The van der Waals surface area contributed by atoms with Gasteiger partial charge in [-0.15, -0.1) is 0 Å². The second-order valence-corrected chi connectivity index (χ2v) is 18.6. The summed E-state index contributed by atoms with van der Waals surface area (Å²) >= 11 is 0. The third-order valence-corrected chi connectivity index (χ3v) is 12.9. The van der Waals surface area contributed by atoms with Crippen molar-refractivity contribution in [3.05, 3.63) is 58.9 Å².